The predicted molar refractivity (Wildman–Crippen MR) is 162 cm³/mol. The second-order valence-electron chi connectivity index (χ2n) is 12.5. The van der Waals surface area contributed by atoms with Crippen LogP contribution in [0, 0.1) is 17.8 Å². The first-order chi connectivity index (χ1) is 20.3. The average molecular weight is 589 g/mol. The SMILES string of the molecule is COCCCOc1cc(C(=O)N(C[C@@H]2CNC[C@H]2CN(C(=O)OCC2CCN(C)CC2)C2CC2)C(C)C)ccc1OC. The quantitative estimate of drug-likeness (QED) is 0.310. The van der Waals surface area contributed by atoms with Gasteiger partial charge in [-0.3, -0.25) is 4.79 Å². The van der Waals surface area contributed by atoms with Gasteiger partial charge in [0.25, 0.3) is 5.91 Å². The molecule has 0 aromatic heterocycles. The van der Waals surface area contributed by atoms with Crippen LogP contribution in [-0.2, 0) is 9.47 Å². The average Bonchev–Trinajstić information content (AvgIpc) is 3.74. The van der Waals surface area contributed by atoms with Gasteiger partial charge in [0.1, 0.15) is 0 Å². The molecule has 4 rings (SSSR count). The molecule has 0 bridgehead atoms. The Bertz CT molecular complexity index is 1010. The van der Waals surface area contributed by atoms with Crippen molar-refractivity contribution < 1.29 is 28.5 Å². The summed E-state index contributed by atoms with van der Waals surface area (Å²) in [6.07, 6.45) is 4.81. The maximum Gasteiger partial charge on any atom is 0.410 e. The number of nitrogens with zero attached hydrogens (tertiary/aromatic N) is 3. The fourth-order valence-electron chi connectivity index (χ4n) is 5.98. The number of nitrogens with one attached hydrogen (secondary N) is 1. The number of carbonyl (C=O) groups excluding carboxylic acids is 2. The van der Waals surface area contributed by atoms with Crippen molar-refractivity contribution in [1.29, 1.82) is 0 Å². The maximum absolute atomic E-state index is 13.8. The second kappa shape index (κ2) is 15.8. The lowest BCUT2D eigenvalue weighted by atomic mass is 9.94. The molecule has 3 fully saturated rings. The summed E-state index contributed by atoms with van der Waals surface area (Å²) in [5.41, 5.74) is 0.575. The molecule has 10 nitrogen and oxygen atoms in total. The van der Waals surface area contributed by atoms with E-state index < -0.39 is 0 Å². The summed E-state index contributed by atoms with van der Waals surface area (Å²) in [5, 5.41) is 3.53. The number of piperidine rings is 1. The lowest BCUT2D eigenvalue weighted by molar-refractivity contribution is 0.0581. The van der Waals surface area contributed by atoms with Crippen molar-refractivity contribution in [2.45, 2.75) is 58.0 Å². The molecule has 42 heavy (non-hydrogen) atoms. The molecule has 0 spiro atoms. The molecule has 1 aromatic carbocycles. The van der Waals surface area contributed by atoms with E-state index in [1.54, 1.807) is 32.4 Å². The number of rotatable bonds is 15. The van der Waals surface area contributed by atoms with E-state index in [4.69, 9.17) is 18.9 Å². The fraction of sp³-hybridized carbons (Fsp3) is 0.750. The van der Waals surface area contributed by atoms with Crippen LogP contribution < -0.4 is 14.8 Å². The number of methoxy groups -OCH3 is 2. The van der Waals surface area contributed by atoms with E-state index in [1.165, 1.54) is 0 Å². The molecule has 1 aliphatic carbocycles. The lowest BCUT2D eigenvalue weighted by Crippen LogP contribution is -2.45. The molecule has 2 heterocycles. The standard InChI is InChI=1S/C32H52N4O6/c1-23(2)35(31(37)25-7-10-29(40-5)30(17-25)41-16-6-15-39-4)20-26-18-33-19-27(26)21-36(28-8-9-28)32(38)42-22-24-11-13-34(3)14-12-24/h7,10,17,23-24,26-28,33H,6,8-9,11-16,18-22H2,1-5H3/t26-,27-/m0/s1. The minimum absolute atomic E-state index is 0.0194. The summed E-state index contributed by atoms with van der Waals surface area (Å²) < 4.78 is 22.4. The van der Waals surface area contributed by atoms with Gasteiger partial charge in [0.15, 0.2) is 11.5 Å². The molecule has 2 aliphatic heterocycles. The van der Waals surface area contributed by atoms with E-state index >= 15 is 0 Å². The van der Waals surface area contributed by atoms with E-state index in [0.29, 0.717) is 55.9 Å². The van der Waals surface area contributed by atoms with Gasteiger partial charge in [-0.15, -0.1) is 0 Å². The van der Waals surface area contributed by atoms with E-state index in [0.717, 1.165) is 58.3 Å². The number of likely N-dealkylation sites (tertiary alicyclic amines) is 1. The third-order valence-corrected chi connectivity index (χ3v) is 8.89. The van der Waals surface area contributed by atoms with Crippen molar-refractivity contribution in [3.05, 3.63) is 23.8 Å². The van der Waals surface area contributed by atoms with E-state index in [2.05, 4.69) is 31.1 Å². The molecule has 1 aromatic rings. The minimum atomic E-state index is -0.171. The zero-order valence-electron chi connectivity index (χ0n) is 26.3. The summed E-state index contributed by atoms with van der Waals surface area (Å²) >= 11 is 0. The highest BCUT2D eigenvalue weighted by atomic mass is 16.6. The molecule has 10 heteroatoms. The Kier molecular flexibility index (Phi) is 12.2. The third-order valence-electron chi connectivity index (χ3n) is 8.89. The highest BCUT2D eigenvalue weighted by molar-refractivity contribution is 5.95. The topological polar surface area (TPSA) is 92.8 Å². The van der Waals surface area contributed by atoms with Gasteiger partial charge in [0, 0.05) is 64.0 Å². The van der Waals surface area contributed by atoms with Crippen LogP contribution in [0.4, 0.5) is 4.79 Å². The van der Waals surface area contributed by atoms with Crippen LogP contribution in [0.25, 0.3) is 0 Å². The fourth-order valence-corrected chi connectivity index (χ4v) is 5.98. The van der Waals surface area contributed by atoms with Gasteiger partial charge >= 0.3 is 6.09 Å². The van der Waals surface area contributed by atoms with E-state index in [-0.39, 0.29) is 35.9 Å². The van der Waals surface area contributed by atoms with Crippen LogP contribution in [0.3, 0.4) is 0 Å². The van der Waals surface area contributed by atoms with Crippen LogP contribution in [0.15, 0.2) is 18.2 Å². The molecule has 1 N–H and O–H groups in total. The van der Waals surface area contributed by atoms with Gasteiger partial charge in [0.2, 0.25) is 0 Å². The molecule has 2 amide bonds. The van der Waals surface area contributed by atoms with Crippen LogP contribution in [0.1, 0.15) is 56.3 Å². The zero-order valence-corrected chi connectivity index (χ0v) is 26.3. The van der Waals surface area contributed by atoms with Crippen molar-refractivity contribution in [1.82, 2.24) is 20.0 Å². The number of amides is 2. The summed E-state index contributed by atoms with van der Waals surface area (Å²) in [5.74, 6) is 2.07. The molecule has 2 saturated heterocycles. The first-order valence-corrected chi connectivity index (χ1v) is 15.7. The van der Waals surface area contributed by atoms with Crippen molar-refractivity contribution in [2.24, 2.45) is 17.8 Å². The lowest BCUT2D eigenvalue weighted by Gasteiger charge is -2.34. The predicted octanol–water partition coefficient (Wildman–Crippen LogP) is 3.74. The molecule has 0 radical (unpaired) electrons. The van der Waals surface area contributed by atoms with Gasteiger partial charge in [-0.1, -0.05) is 0 Å². The smallest absolute Gasteiger partial charge is 0.410 e. The summed E-state index contributed by atoms with van der Waals surface area (Å²) in [7, 11) is 5.41. The van der Waals surface area contributed by atoms with Crippen LogP contribution >= 0.6 is 0 Å². The maximum atomic E-state index is 13.8. The minimum Gasteiger partial charge on any atom is -0.493 e. The third kappa shape index (κ3) is 8.97. The van der Waals surface area contributed by atoms with Gasteiger partial charge < -0.3 is 39.0 Å². The largest absolute Gasteiger partial charge is 0.493 e. The number of carbonyl (C=O) groups is 2. The molecular weight excluding hydrogens is 536 g/mol. The number of benzene rings is 1. The summed E-state index contributed by atoms with van der Waals surface area (Å²) in [4.78, 5) is 33.3. The Morgan fingerprint density at radius 1 is 1.00 bits per heavy atom. The van der Waals surface area contributed by atoms with Crippen molar-refractivity contribution >= 4 is 12.0 Å². The first-order valence-electron chi connectivity index (χ1n) is 15.7. The number of hydrogen-bond acceptors (Lipinski definition) is 8. The molecule has 2 atom stereocenters. The van der Waals surface area contributed by atoms with Gasteiger partial charge in [-0.05, 0) is 95.6 Å². The van der Waals surface area contributed by atoms with Crippen LogP contribution in [-0.4, -0.2) is 119 Å². The zero-order chi connectivity index (χ0) is 30.1. The Hall–Kier alpha value is -2.56. The molecule has 1 saturated carbocycles. The second-order valence-corrected chi connectivity index (χ2v) is 12.5. The molecule has 0 unspecified atom stereocenters. The van der Waals surface area contributed by atoms with Crippen molar-refractivity contribution in [3.63, 3.8) is 0 Å². The normalized spacial score (nSPS) is 21.4. The van der Waals surface area contributed by atoms with Crippen LogP contribution in [0.5, 0.6) is 11.5 Å². The summed E-state index contributed by atoms with van der Waals surface area (Å²) in [6, 6.07) is 5.68. The highest BCUT2D eigenvalue weighted by Gasteiger charge is 2.39. The molecular formula is C32H52N4O6. The number of ether oxygens (including phenoxy) is 4. The Morgan fingerprint density at radius 2 is 1.71 bits per heavy atom. The summed E-state index contributed by atoms with van der Waals surface area (Å²) in [6.45, 7) is 10.8. The van der Waals surface area contributed by atoms with Crippen LogP contribution in [0.2, 0.25) is 0 Å². The van der Waals surface area contributed by atoms with E-state index in [1.807, 2.05) is 9.80 Å². The highest BCUT2D eigenvalue weighted by Crippen LogP contribution is 2.32. The molecule has 3 aliphatic rings. The Balaban J connectivity index is 1.37. The van der Waals surface area contributed by atoms with E-state index in [9.17, 15) is 9.59 Å². The van der Waals surface area contributed by atoms with Crippen molar-refractivity contribution in [3.8, 4) is 11.5 Å². The Morgan fingerprint density at radius 3 is 2.36 bits per heavy atom. The van der Waals surface area contributed by atoms with Crippen molar-refractivity contribution in [2.75, 3.05) is 80.4 Å². The number of hydrogen-bond donors (Lipinski definition) is 1. The molecule has 236 valence electrons. The van der Waals surface area contributed by atoms with Gasteiger partial charge in [-0.2, -0.15) is 0 Å². The van der Waals surface area contributed by atoms with Gasteiger partial charge in [-0.25, -0.2) is 4.79 Å². The first kappa shape index (κ1) is 32.4. The monoisotopic (exact) mass is 588 g/mol. The Labute approximate surface area is 252 Å². The van der Waals surface area contributed by atoms with Gasteiger partial charge in [0.05, 0.1) is 20.3 Å².